The lowest BCUT2D eigenvalue weighted by atomic mass is 10.1. The second-order valence-electron chi connectivity index (χ2n) is 6.06. The van der Waals surface area contributed by atoms with Crippen LogP contribution in [0.25, 0.3) is 0 Å². The number of aliphatic hydroxyl groups excluding tert-OH is 1. The van der Waals surface area contributed by atoms with Crippen LogP contribution in [0.1, 0.15) is 33.6 Å². The number of carboxylic acids is 2. The van der Waals surface area contributed by atoms with Gasteiger partial charge in [-0.3, -0.25) is 24.0 Å². The topological polar surface area (TPSA) is 208 Å². The molecule has 0 saturated carbocycles. The number of amides is 3. The first-order valence-electron chi connectivity index (χ1n) is 8.16. The quantitative estimate of drug-likeness (QED) is 0.193. The fourth-order valence-electron chi connectivity index (χ4n) is 1.80. The van der Waals surface area contributed by atoms with Gasteiger partial charge in [-0.15, -0.1) is 0 Å². The van der Waals surface area contributed by atoms with Gasteiger partial charge in [-0.2, -0.15) is 0 Å². The monoisotopic (exact) mass is 390 g/mol. The fourth-order valence-corrected chi connectivity index (χ4v) is 1.80. The van der Waals surface area contributed by atoms with Crippen LogP contribution in [0.15, 0.2) is 0 Å². The van der Waals surface area contributed by atoms with Crippen molar-refractivity contribution >= 4 is 29.7 Å². The van der Waals surface area contributed by atoms with Crippen molar-refractivity contribution in [2.24, 2.45) is 5.73 Å². The molecule has 0 saturated heterocycles. The first-order valence-corrected chi connectivity index (χ1v) is 8.16. The molecule has 0 radical (unpaired) electrons. The molecule has 0 bridgehead atoms. The van der Waals surface area contributed by atoms with Crippen LogP contribution >= 0.6 is 0 Å². The number of hydrogen-bond donors (Lipinski definition) is 7. The molecule has 12 nitrogen and oxygen atoms in total. The highest BCUT2D eigenvalue weighted by Gasteiger charge is 2.28. The molecule has 0 aliphatic carbocycles. The van der Waals surface area contributed by atoms with Crippen LogP contribution in [0.2, 0.25) is 0 Å². The van der Waals surface area contributed by atoms with E-state index in [4.69, 9.17) is 15.9 Å². The molecular formula is C15H26N4O8. The van der Waals surface area contributed by atoms with Crippen molar-refractivity contribution in [3.63, 3.8) is 0 Å². The molecule has 12 heteroatoms. The molecule has 154 valence electrons. The molecule has 0 aromatic carbocycles. The van der Waals surface area contributed by atoms with Crippen LogP contribution < -0.4 is 21.7 Å². The first kappa shape index (κ1) is 24.3. The van der Waals surface area contributed by atoms with Gasteiger partial charge in [0.15, 0.2) is 0 Å². The number of hydrogen-bond acceptors (Lipinski definition) is 7. The van der Waals surface area contributed by atoms with Crippen LogP contribution in [0, 0.1) is 0 Å². The molecule has 5 atom stereocenters. The maximum absolute atomic E-state index is 12.2. The Morgan fingerprint density at radius 3 is 1.81 bits per heavy atom. The van der Waals surface area contributed by atoms with Gasteiger partial charge < -0.3 is 37.0 Å². The van der Waals surface area contributed by atoms with E-state index in [0.29, 0.717) is 0 Å². The molecule has 0 aliphatic rings. The van der Waals surface area contributed by atoms with Crippen molar-refractivity contribution in [2.45, 2.75) is 63.9 Å². The SMILES string of the molecule is CC(NC(=O)C(CCC(=O)O)NC(=O)C(C)NC(=O)C(N)C(C)O)C(=O)O. The van der Waals surface area contributed by atoms with E-state index in [-0.39, 0.29) is 6.42 Å². The average molecular weight is 390 g/mol. The minimum Gasteiger partial charge on any atom is -0.481 e. The summed E-state index contributed by atoms with van der Waals surface area (Å²) in [5.74, 6) is -5.00. The minimum absolute atomic E-state index is 0.285. The number of rotatable bonds is 11. The molecule has 0 spiro atoms. The summed E-state index contributed by atoms with van der Waals surface area (Å²) >= 11 is 0. The third-order valence-corrected chi connectivity index (χ3v) is 3.58. The van der Waals surface area contributed by atoms with Crippen LogP contribution in [-0.4, -0.2) is 75.3 Å². The number of carboxylic acid groups (broad SMARTS) is 2. The smallest absolute Gasteiger partial charge is 0.325 e. The molecule has 0 aliphatic heterocycles. The third kappa shape index (κ3) is 8.96. The Labute approximate surface area is 155 Å². The number of nitrogens with one attached hydrogen (secondary N) is 3. The molecule has 0 aromatic rings. The van der Waals surface area contributed by atoms with Gasteiger partial charge in [-0.1, -0.05) is 0 Å². The largest absolute Gasteiger partial charge is 0.481 e. The maximum atomic E-state index is 12.2. The molecule has 3 amide bonds. The zero-order valence-corrected chi connectivity index (χ0v) is 15.3. The van der Waals surface area contributed by atoms with Crippen molar-refractivity contribution in [3.8, 4) is 0 Å². The number of aliphatic carboxylic acids is 2. The molecule has 0 heterocycles. The van der Waals surface area contributed by atoms with E-state index in [1.54, 1.807) is 0 Å². The van der Waals surface area contributed by atoms with Crippen LogP contribution in [-0.2, 0) is 24.0 Å². The summed E-state index contributed by atoms with van der Waals surface area (Å²) in [6.45, 7) is 3.80. The highest BCUT2D eigenvalue weighted by Crippen LogP contribution is 2.01. The summed E-state index contributed by atoms with van der Waals surface area (Å²) in [4.78, 5) is 57.6. The van der Waals surface area contributed by atoms with E-state index in [2.05, 4.69) is 16.0 Å². The standard InChI is InChI=1S/C15H26N4O8/c1-6(17-14(25)11(16)8(3)20)12(23)19-9(4-5-10(21)22)13(24)18-7(2)15(26)27/h6-9,11,20H,4-5,16H2,1-3H3,(H,17,25)(H,18,24)(H,19,23)(H,21,22)(H,26,27). The highest BCUT2D eigenvalue weighted by molar-refractivity contribution is 5.94. The van der Waals surface area contributed by atoms with Gasteiger partial charge in [0.1, 0.15) is 24.2 Å². The van der Waals surface area contributed by atoms with E-state index in [1.807, 2.05) is 0 Å². The molecule has 8 N–H and O–H groups in total. The molecular weight excluding hydrogens is 364 g/mol. The predicted molar refractivity (Wildman–Crippen MR) is 91.3 cm³/mol. The summed E-state index contributed by atoms with van der Waals surface area (Å²) in [5.41, 5.74) is 5.44. The molecule has 5 unspecified atom stereocenters. The predicted octanol–water partition coefficient (Wildman–Crippen LogP) is -2.86. The number of aliphatic hydroxyl groups is 1. The fraction of sp³-hybridized carbons (Fsp3) is 0.667. The second-order valence-corrected chi connectivity index (χ2v) is 6.06. The van der Waals surface area contributed by atoms with E-state index < -0.39 is 66.4 Å². The zero-order chi connectivity index (χ0) is 21.3. The van der Waals surface area contributed by atoms with Gasteiger partial charge in [0.2, 0.25) is 17.7 Å². The lowest BCUT2D eigenvalue weighted by Crippen LogP contribution is -2.57. The van der Waals surface area contributed by atoms with Crippen LogP contribution in [0.4, 0.5) is 0 Å². The van der Waals surface area contributed by atoms with Crippen molar-refractivity contribution in [2.75, 3.05) is 0 Å². The van der Waals surface area contributed by atoms with E-state index in [9.17, 15) is 29.1 Å². The van der Waals surface area contributed by atoms with E-state index >= 15 is 0 Å². The third-order valence-electron chi connectivity index (χ3n) is 3.58. The number of carbonyl (C=O) groups excluding carboxylic acids is 3. The van der Waals surface area contributed by atoms with Crippen molar-refractivity contribution in [3.05, 3.63) is 0 Å². The Balaban J connectivity index is 4.99. The normalized spacial score (nSPS) is 16.2. The Morgan fingerprint density at radius 1 is 0.852 bits per heavy atom. The highest BCUT2D eigenvalue weighted by atomic mass is 16.4. The molecule has 27 heavy (non-hydrogen) atoms. The van der Waals surface area contributed by atoms with Crippen molar-refractivity contribution in [1.82, 2.24) is 16.0 Å². The lowest BCUT2D eigenvalue weighted by molar-refractivity contribution is -0.142. The van der Waals surface area contributed by atoms with Gasteiger partial charge in [0.25, 0.3) is 0 Å². The average Bonchev–Trinajstić information content (AvgIpc) is 2.56. The Morgan fingerprint density at radius 2 is 1.37 bits per heavy atom. The van der Waals surface area contributed by atoms with Gasteiger partial charge in [0, 0.05) is 6.42 Å². The van der Waals surface area contributed by atoms with Crippen LogP contribution in [0.3, 0.4) is 0 Å². The second kappa shape index (κ2) is 11.1. The number of nitrogens with two attached hydrogens (primary N) is 1. The molecule has 0 rings (SSSR count). The summed E-state index contributed by atoms with van der Waals surface area (Å²) in [6.07, 6.45) is -1.88. The van der Waals surface area contributed by atoms with Crippen molar-refractivity contribution < 1.29 is 39.3 Å². The first-order chi connectivity index (χ1) is 12.4. The van der Waals surface area contributed by atoms with Crippen LogP contribution in [0.5, 0.6) is 0 Å². The molecule has 0 aromatic heterocycles. The van der Waals surface area contributed by atoms with Gasteiger partial charge in [-0.05, 0) is 27.2 Å². The minimum atomic E-state index is -1.32. The summed E-state index contributed by atoms with van der Waals surface area (Å²) in [7, 11) is 0. The van der Waals surface area contributed by atoms with Gasteiger partial charge in [-0.25, -0.2) is 0 Å². The lowest BCUT2D eigenvalue weighted by Gasteiger charge is -2.23. The Bertz CT molecular complexity index is 580. The number of carbonyl (C=O) groups is 5. The summed E-state index contributed by atoms with van der Waals surface area (Å²) < 4.78 is 0. The van der Waals surface area contributed by atoms with Gasteiger partial charge >= 0.3 is 11.9 Å². The van der Waals surface area contributed by atoms with E-state index in [1.165, 1.54) is 20.8 Å². The maximum Gasteiger partial charge on any atom is 0.325 e. The molecule has 0 fully saturated rings. The summed E-state index contributed by atoms with van der Waals surface area (Å²) in [6, 6.07) is -4.97. The Kier molecular flexibility index (Phi) is 9.96. The van der Waals surface area contributed by atoms with Gasteiger partial charge in [0.05, 0.1) is 6.10 Å². The Hall–Kier alpha value is -2.73. The zero-order valence-electron chi connectivity index (χ0n) is 15.3. The van der Waals surface area contributed by atoms with E-state index in [0.717, 1.165) is 0 Å². The summed E-state index contributed by atoms with van der Waals surface area (Å²) in [5, 5.41) is 33.5. The van der Waals surface area contributed by atoms with Crippen molar-refractivity contribution in [1.29, 1.82) is 0 Å².